The number of hydrogen-bond donors (Lipinski definition) is 1. The Kier molecular flexibility index (Phi) is 6.15. The van der Waals surface area contributed by atoms with Crippen molar-refractivity contribution in [1.29, 1.82) is 0 Å². The van der Waals surface area contributed by atoms with E-state index in [4.69, 9.17) is 0 Å². The molecular weight excluding hydrogens is 214 g/mol. The lowest BCUT2D eigenvalue weighted by molar-refractivity contribution is 0.218. The van der Waals surface area contributed by atoms with Gasteiger partial charge in [-0.15, -0.1) is 5.10 Å². The highest BCUT2D eigenvalue weighted by atomic mass is 15.4. The second-order valence-electron chi connectivity index (χ2n) is 4.45. The van der Waals surface area contributed by atoms with Crippen molar-refractivity contribution in [3.8, 4) is 0 Å². The van der Waals surface area contributed by atoms with Crippen LogP contribution in [-0.4, -0.2) is 46.6 Å². The van der Waals surface area contributed by atoms with E-state index in [2.05, 4.69) is 41.4 Å². The smallest absolute Gasteiger partial charge is 0.0964 e. The number of likely N-dealkylation sites (N-methyl/N-ethyl adjacent to an activating group) is 1. The maximum Gasteiger partial charge on any atom is 0.0964 e. The Hall–Kier alpha value is -0.940. The van der Waals surface area contributed by atoms with Crippen LogP contribution in [0.2, 0.25) is 0 Å². The SMILES string of the molecule is CCC(CC)N(C)CCn1cc(CNC)nn1. The van der Waals surface area contributed by atoms with Crippen LogP contribution in [0.4, 0.5) is 0 Å². The molecule has 5 heteroatoms. The van der Waals surface area contributed by atoms with Crippen molar-refractivity contribution in [1.82, 2.24) is 25.2 Å². The third-order valence-electron chi connectivity index (χ3n) is 3.19. The quantitative estimate of drug-likeness (QED) is 0.738. The molecule has 0 fully saturated rings. The summed E-state index contributed by atoms with van der Waals surface area (Å²) in [6.45, 7) is 7.19. The Morgan fingerprint density at radius 1 is 1.41 bits per heavy atom. The minimum Gasteiger partial charge on any atom is -0.314 e. The largest absolute Gasteiger partial charge is 0.314 e. The molecular formula is C12H25N5. The van der Waals surface area contributed by atoms with Gasteiger partial charge in [-0.2, -0.15) is 0 Å². The molecule has 0 spiro atoms. The Labute approximate surface area is 104 Å². The third kappa shape index (κ3) is 4.44. The molecule has 0 bridgehead atoms. The first-order valence-electron chi connectivity index (χ1n) is 6.45. The van der Waals surface area contributed by atoms with E-state index in [1.807, 2.05) is 17.9 Å². The summed E-state index contributed by atoms with van der Waals surface area (Å²) in [6.07, 6.45) is 4.42. The highest BCUT2D eigenvalue weighted by Gasteiger charge is 2.10. The Morgan fingerprint density at radius 2 is 2.12 bits per heavy atom. The van der Waals surface area contributed by atoms with Crippen molar-refractivity contribution in [2.45, 2.75) is 45.8 Å². The molecule has 0 aromatic carbocycles. The molecule has 1 rings (SSSR count). The van der Waals surface area contributed by atoms with E-state index >= 15 is 0 Å². The Morgan fingerprint density at radius 3 is 2.71 bits per heavy atom. The summed E-state index contributed by atoms with van der Waals surface area (Å²) < 4.78 is 1.92. The molecule has 1 aromatic rings. The first-order valence-corrected chi connectivity index (χ1v) is 6.45. The van der Waals surface area contributed by atoms with E-state index in [1.165, 1.54) is 12.8 Å². The van der Waals surface area contributed by atoms with Crippen LogP contribution in [0.3, 0.4) is 0 Å². The molecule has 0 atom stereocenters. The van der Waals surface area contributed by atoms with Crippen LogP contribution >= 0.6 is 0 Å². The van der Waals surface area contributed by atoms with E-state index < -0.39 is 0 Å². The molecule has 1 heterocycles. The molecule has 1 N–H and O–H groups in total. The van der Waals surface area contributed by atoms with Crippen LogP contribution in [-0.2, 0) is 13.1 Å². The number of hydrogen-bond acceptors (Lipinski definition) is 4. The van der Waals surface area contributed by atoms with Crippen LogP contribution in [0.1, 0.15) is 32.4 Å². The zero-order valence-corrected chi connectivity index (χ0v) is 11.5. The van der Waals surface area contributed by atoms with E-state index in [9.17, 15) is 0 Å². The highest BCUT2D eigenvalue weighted by Crippen LogP contribution is 2.05. The van der Waals surface area contributed by atoms with E-state index in [0.717, 1.165) is 25.3 Å². The van der Waals surface area contributed by atoms with E-state index in [1.54, 1.807) is 0 Å². The van der Waals surface area contributed by atoms with Crippen molar-refractivity contribution in [2.75, 3.05) is 20.6 Å². The average Bonchev–Trinajstić information content (AvgIpc) is 2.76. The molecule has 1 aromatic heterocycles. The van der Waals surface area contributed by atoms with Gasteiger partial charge in [0.15, 0.2) is 0 Å². The zero-order chi connectivity index (χ0) is 12.7. The summed E-state index contributed by atoms with van der Waals surface area (Å²) >= 11 is 0. The van der Waals surface area contributed by atoms with Crippen molar-refractivity contribution in [2.24, 2.45) is 0 Å². The minimum atomic E-state index is 0.676. The van der Waals surface area contributed by atoms with Gasteiger partial charge in [0, 0.05) is 25.3 Å². The fourth-order valence-electron chi connectivity index (χ4n) is 2.06. The molecule has 0 saturated heterocycles. The van der Waals surface area contributed by atoms with Gasteiger partial charge in [0.25, 0.3) is 0 Å². The fraction of sp³-hybridized carbons (Fsp3) is 0.833. The summed E-state index contributed by atoms with van der Waals surface area (Å²) in [6, 6.07) is 0.676. The van der Waals surface area contributed by atoms with Crippen LogP contribution in [0, 0.1) is 0 Å². The molecule has 5 nitrogen and oxygen atoms in total. The normalized spacial score (nSPS) is 11.6. The lowest BCUT2D eigenvalue weighted by Crippen LogP contribution is -2.33. The average molecular weight is 239 g/mol. The molecule has 0 aliphatic carbocycles. The summed E-state index contributed by atoms with van der Waals surface area (Å²) in [7, 11) is 4.10. The summed E-state index contributed by atoms with van der Waals surface area (Å²) in [5.41, 5.74) is 0.998. The zero-order valence-electron chi connectivity index (χ0n) is 11.5. The number of nitrogens with zero attached hydrogens (tertiary/aromatic N) is 4. The van der Waals surface area contributed by atoms with Crippen molar-refractivity contribution >= 4 is 0 Å². The predicted molar refractivity (Wildman–Crippen MR) is 69.8 cm³/mol. The maximum atomic E-state index is 4.12. The van der Waals surface area contributed by atoms with Gasteiger partial charge in [-0.05, 0) is 26.9 Å². The van der Waals surface area contributed by atoms with Gasteiger partial charge in [-0.25, -0.2) is 0 Å². The van der Waals surface area contributed by atoms with Crippen molar-refractivity contribution in [3.63, 3.8) is 0 Å². The van der Waals surface area contributed by atoms with Crippen LogP contribution < -0.4 is 5.32 Å². The number of aromatic nitrogens is 3. The van der Waals surface area contributed by atoms with E-state index in [-0.39, 0.29) is 0 Å². The van der Waals surface area contributed by atoms with Crippen LogP contribution in [0.5, 0.6) is 0 Å². The summed E-state index contributed by atoms with van der Waals surface area (Å²) in [5.74, 6) is 0. The second-order valence-corrected chi connectivity index (χ2v) is 4.45. The molecule has 98 valence electrons. The Balaban J connectivity index is 2.38. The van der Waals surface area contributed by atoms with Crippen molar-refractivity contribution in [3.05, 3.63) is 11.9 Å². The predicted octanol–water partition coefficient (Wildman–Crippen LogP) is 1.12. The van der Waals surface area contributed by atoms with Gasteiger partial charge in [0.1, 0.15) is 0 Å². The molecule has 0 unspecified atom stereocenters. The lowest BCUT2D eigenvalue weighted by Gasteiger charge is -2.25. The third-order valence-corrected chi connectivity index (χ3v) is 3.19. The van der Waals surface area contributed by atoms with Gasteiger partial charge in [0.2, 0.25) is 0 Å². The van der Waals surface area contributed by atoms with Gasteiger partial charge >= 0.3 is 0 Å². The van der Waals surface area contributed by atoms with Crippen LogP contribution in [0.15, 0.2) is 6.20 Å². The van der Waals surface area contributed by atoms with Gasteiger partial charge in [0.05, 0.1) is 12.2 Å². The second kappa shape index (κ2) is 7.40. The minimum absolute atomic E-state index is 0.676. The first-order chi connectivity index (χ1) is 8.21. The lowest BCUT2D eigenvalue weighted by atomic mass is 10.1. The Bertz CT molecular complexity index is 306. The fourth-order valence-corrected chi connectivity index (χ4v) is 2.06. The number of nitrogens with one attached hydrogen (secondary N) is 1. The molecule has 0 aliphatic rings. The molecule has 0 amide bonds. The summed E-state index contributed by atoms with van der Waals surface area (Å²) in [4.78, 5) is 2.40. The van der Waals surface area contributed by atoms with Crippen molar-refractivity contribution < 1.29 is 0 Å². The van der Waals surface area contributed by atoms with Gasteiger partial charge in [-0.3, -0.25) is 4.68 Å². The molecule has 17 heavy (non-hydrogen) atoms. The van der Waals surface area contributed by atoms with Crippen LogP contribution in [0.25, 0.3) is 0 Å². The van der Waals surface area contributed by atoms with Gasteiger partial charge in [-0.1, -0.05) is 19.1 Å². The topological polar surface area (TPSA) is 46.0 Å². The van der Waals surface area contributed by atoms with Gasteiger partial charge < -0.3 is 10.2 Å². The monoisotopic (exact) mass is 239 g/mol. The first kappa shape index (κ1) is 14.1. The summed E-state index contributed by atoms with van der Waals surface area (Å²) in [5, 5.41) is 11.3. The maximum absolute atomic E-state index is 4.12. The highest BCUT2D eigenvalue weighted by molar-refractivity contribution is 4.91. The molecule has 0 radical (unpaired) electrons. The molecule has 0 saturated carbocycles. The molecule has 0 aliphatic heterocycles. The number of rotatable bonds is 8. The standard InChI is InChI=1S/C12H25N5/c1-5-12(6-2)16(4)7-8-17-10-11(9-13-3)14-15-17/h10,12-13H,5-9H2,1-4H3. The van der Waals surface area contributed by atoms with E-state index in [0.29, 0.717) is 6.04 Å².